The lowest BCUT2D eigenvalue weighted by Crippen LogP contribution is -2.30. The van der Waals surface area contributed by atoms with E-state index in [1.807, 2.05) is 0 Å². The zero-order valence-corrected chi connectivity index (χ0v) is 12.7. The Morgan fingerprint density at radius 3 is 3.05 bits per heavy atom. The van der Waals surface area contributed by atoms with Crippen molar-refractivity contribution in [2.75, 3.05) is 24.2 Å². The quantitative estimate of drug-likeness (QED) is 0.633. The number of rotatable bonds is 2. The zero-order chi connectivity index (χ0) is 14.3. The average Bonchev–Trinajstić information content (AvgIpc) is 2.97. The fourth-order valence-electron chi connectivity index (χ4n) is 2.63. The third kappa shape index (κ3) is 2.57. The smallest absolute Gasteiger partial charge is 0.253 e. The molecule has 2 aliphatic heterocycles. The summed E-state index contributed by atoms with van der Waals surface area (Å²) in [6.07, 6.45) is 1.60. The number of hydrogen-bond acceptors (Lipinski definition) is 5. The van der Waals surface area contributed by atoms with E-state index in [9.17, 15) is 9.35 Å². The lowest BCUT2D eigenvalue weighted by Gasteiger charge is -2.15. The van der Waals surface area contributed by atoms with Gasteiger partial charge in [-0.3, -0.25) is 4.79 Å². The molecule has 2 N–H and O–H groups in total. The molecule has 0 spiro atoms. The molecule has 0 aliphatic carbocycles. The summed E-state index contributed by atoms with van der Waals surface area (Å²) < 4.78 is 10.1. The van der Waals surface area contributed by atoms with Gasteiger partial charge in [0.05, 0.1) is 0 Å². The van der Waals surface area contributed by atoms with E-state index in [2.05, 4.69) is 15.3 Å². The molecule has 3 heterocycles. The summed E-state index contributed by atoms with van der Waals surface area (Å²) in [5.74, 6) is 1.39. The Kier molecular flexibility index (Phi) is 3.74. The minimum Gasteiger partial charge on any atom is -0.361 e. The Hall–Kier alpha value is -1.05. The van der Waals surface area contributed by atoms with Crippen molar-refractivity contribution in [3.63, 3.8) is 0 Å². The highest BCUT2D eigenvalue weighted by atomic mass is 35.5. The Labute approximate surface area is 125 Å². The SMILES string of the molecule is CC(=O)N1CC[C@H](Nc2nc(Cl)nc3c2[S+](O)CC3)C1. The minimum atomic E-state index is -0.812. The van der Waals surface area contributed by atoms with Crippen molar-refractivity contribution >= 4 is 34.5 Å². The number of fused-ring (bicyclic) bond motifs is 1. The molecular formula is C12H16ClN4O2S+. The first-order chi connectivity index (χ1) is 9.54. The number of amides is 1. The molecule has 1 aromatic rings. The molecule has 0 bridgehead atoms. The van der Waals surface area contributed by atoms with Gasteiger partial charge in [0.1, 0.15) is 5.69 Å². The van der Waals surface area contributed by atoms with Crippen molar-refractivity contribution in [3.8, 4) is 0 Å². The number of nitrogens with zero attached hydrogens (tertiary/aromatic N) is 3. The number of nitrogens with one attached hydrogen (secondary N) is 1. The second kappa shape index (κ2) is 5.38. The van der Waals surface area contributed by atoms with Gasteiger partial charge >= 0.3 is 0 Å². The minimum absolute atomic E-state index is 0.0853. The number of carbonyl (C=O) groups excluding carboxylic acids is 1. The standard InChI is InChI=1S/C12H16ClN4O2S/c1-7(18)17-4-2-8(6-17)14-11-10-9(3-5-20(10)19)15-12(13)16-11/h8,19H,2-6H2,1H3,(H,14,15,16)/q+1/t8-,20?/m0/s1. The molecule has 8 heteroatoms. The maximum Gasteiger partial charge on any atom is 0.253 e. The number of carbonyl (C=O) groups is 1. The summed E-state index contributed by atoms with van der Waals surface area (Å²) in [6.45, 7) is 2.98. The summed E-state index contributed by atoms with van der Waals surface area (Å²) in [4.78, 5) is 22.3. The van der Waals surface area contributed by atoms with Gasteiger partial charge in [0.2, 0.25) is 11.2 Å². The van der Waals surface area contributed by atoms with Crippen molar-refractivity contribution in [3.05, 3.63) is 11.0 Å². The second-order valence-corrected chi connectivity index (χ2v) is 6.91. The Morgan fingerprint density at radius 1 is 1.55 bits per heavy atom. The van der Waals surface area contributed by atoms with Crippen LogP contribution in [0.5, 0.6) is 0 Å². The van der Waals surface area contributed by atoms with Crippen LogP contribution >= 0.6 is 11.6 Å². The van der Waals surface area contributed by atoms with E-state index in [0.717, 1.165) is 30.0 Å². The molecule has 3 rings (SSSR count). The van der Waals surface area contributed by atoms with Crippen LogP contribution in [0, 0.1) is 0 Å². The van der Waals surface area contributed by atoms with E-state index < -0.39 is 11.2 Å². The van der Waals surface area contributed by atoms with Crippen LogP contribution in [0.2, 0.25) is 5.28 Å². The van der Waals surface area contributed by atoms with Gasteiger partial charge in [0, 0.05) is 32.5 Å². The molecule has 2 aliphatic rings. The Bertz CT molecular complexity index is 557. The molecule has 1 aromatic heterocycles. The molecule has 6 nitrogen and oxygen atoms in total. The highest BCUT2D eigenvalue weighted by Crippen LogP contribution is 2.32. The predicted octanol–water partition coefficient (Wildman–Crippen LogP) is 1.17. The largest absolute Gasteiger partial charge is 0.361 e. The van der Waals surface area contributed by atoms with Crippen LogP contribution in [-0.2, 0) is 22.4 Å². The molecule has 20 heavy (non-hydrogen) atoms. The van der Waals surface area contributed by atoms with Crippen molar-refractivity contribution in [2.45, 2.75) is 30.7 Å². The van der Waals surface area contributed by atoms with E-state index in [0.29, 0.717) is 18.1 Å². The third-order valence-electron chi connectivity index (χ3n) is 3.65. The fourth-order valence-corrected chi connectivity index (χ4v) is 4.16. The predicted molar refractivity (Wildman–Crippen MR) is 78.2 cm³/mol. The van der Waals surface area contributed by atoms with Crippen molar-refractivity contribution < 1.29 is 9.35 Å². The van der Waals surface area contributed by atoms with Gasteiger partial charge < -0.3 is 10.2 Å². The summed E-state index contributed by atoms with van der Waals surface area (Å²) >= 11 is 5.12. The molecule has 1 fully saturated rings. The Morgan fingerprint density at radius 2 is 2.35 bits per heavy atom. The number of aromatic nitrogens is 2. The van der Waals surface area contributed by atoms with Crippen LogP contribution in [0.25, 0.3) is 0 Å². The van der Waals surface area contributed by atoms with Gasteiger partial charge in [-0.05, 0) is 18.0 Å². The molecule has 1 saturated heterocycles. The maximum atomic E-state index is 11.4. The van der Waals surface area contributed by atoms with Gasteiger partial charge in [-0.1, -0.05) is 0 Å². The molecule has 0 aromatic carbocycles. The van der Waals surface area contributed by atoms with E-state index >= 15 is 0 Å². The van der Waals surface area contributed by atoms with Gasteiger partial charge in [-0.25, -0.2) is 4.98 Å². The first-order valence-corrected chi connectivity index (χ1v) is 8.26. The molecule has 0 radical (unpaired) electrons. The van der Waals surface area contributed by atoms with E-state index in [-0.39, 0.29) is 17.2 Å². The first-order valence-electron chi connectivity index (χ1n) is 6.53. The average molecular weight is 316 g/mol. The fraction of sp³-hybridized carbons (Fsp3) is 0.583. The maximum absolute atomic E-state index is 11.4. The topological polar surface area (TPSA) is 78.4 Å². The monoisotopic (exact) mass is 315 g/mol. The Balaban J connectivity index is 1.80. The van der Waals surface area contributed by atoms with Crippen molar-refractivity contribution in [2.24, 2.45) is 0 Å². The highest BCUT2D eigenvalue weighted by molar-refractivity contribution is 7.92. The lowest BCUT2D eigenvalue weighted by atomic mass is 10.2. The molecule has 1 unspecified atom stereocenters. The van der Waals surface area contributed by atoms with Crippen molar-refractivity contribution in [1.29, 1.82) is 0 Å². The van der Waals surface area contributed by atoms with Gasteiger partial charge in [0.25, 0.3) is 4.90 Å². The van der Waals surface area contributed by atoms with Crippen LogP contribution in [0.15, 0.2) is 4.90 Å². The molecular weight excluding hydrogens is 300 g/mol. The van der Waals surface area contributed by atoms with Crippen LogP contribution < -0.4 is 5.32 Å². The normalized spacial score (nSPS) is 24.9. The van der Waals surface area contributed by atoms with Crippen LogP contribution in [0.4, 0.5) is 5.82 Å². The molecule has 2 atom stereocenters. The molecule has 108 valence electrons. The zero-order valence-electron chi connectivity index (χ0n) is 11.1. The third-order valence-corrected chi connectivity index (χ3v) is 5.31. The first kappa shape index (κ1) is 13.9. The molecule has 0 saturated carbocycles. The number of aryl methyl sites for hydroxylation is 1. The lowest BCUT2D eigenvalue weighted by molar-refractivity contribution is -0.127. The van der Waals surface area contributed by atoms with Crippen molar-refractivity contribution in [1.82, 2.24) is 14.9 Å². The summed E-state index contributed by atoms with van der Waals surface area (Å²) in [6, 6.07) is 0.145. The van der Waals surface area contributed by atoms with Crippen LogP contribution in [0.1, 0.15) is 19.0 Å². The number of anilines is 1. The number of halogens is 1. The highest BCUT2D eigenvalue weighted by Gasteiger charge is 2.38. The van der Waals surface area contributed by atoms with Gasteiger partial charge in [-0.2, -0.15) is 9.54 Å². The van der Waals surface area contributed by atoms with Crippen LogP contribution in [-0.4, -0.2) is 50.2 Å². The number of likely N-dealkylation sites (tertiary alicyclic amines) is 1. The summed E-state index contributed by atoms with van der Waals surface area (Å²) in [5, 5.41) is 3.52. The van der Waals surface area contributed by atoms with E-state index in [1.165, 1.54) is 0 Å². The van der Waals surface area contributed by atoms with Crippen LogP contribution in [0.3, 0.4) is 0 Å². The van der Waals surface area contributed by atoms with Gasteiger partial charge in [0.15, 0.2) is 22.7 Å². The summed E-state index contributed by atoms with van der Waals surface area (Å²) in [7, 11) is 0. The summed E-state index contributed by atoms with van der Waals surface area (Å²) in [5.41, 5.74) is 0.833. The van der Waals surface area contributed by atoms with Gasteiger partial charge in [-0.15, -0.1) is 0 Å². The molecule has 1 amide bonds. The van der Waals surface area contributed by atoms with E-state index in [1.54, 1.807) is 11.8 Å². The second-order valence-electron chi connectivity index (χ2n) is 5.03. The van der Waals surface area contributed by atoms with E-state index in [4.69, 9.17) is 11.6 Å². The number of hydrogen-bond donors (Lipinski definition) is 2.